The van der Waals surface area contributed by atoms with Gasteiger partial charge in [0, 0.05) is 12.6 Å². The van der Waals surface area contributed by atoms with Crippen molar-refractivity contribution in [1.29, 1.82) is 0 Å². The Morgan fingerprint density at radius 1 is 1.21 bits per heavy atom. The molecule has 0 radical (unpaired) electrons. The Hall–Kier alpha value is -2.79. The number of aliphatic hydroxyl groups is 1. The smallest absolute Gasteiger partial charge is 0.281 e. The Morgan fingerprint density at radius 3 is 2.62 bits per heavy atom. The highest BCUT2D eigenvalue weighted by Gasteiger charge is 2.25. The second kappa shape index (κ2) is 6.76. The Kier molecular flexibility index (Phi) is 4.53. The fourth-order valence-electron chi connectivity index (χ4n) is 2.64. The maximum atomic E-state index is 10.1. The summed E-state index contributed by atoms with van der Waals surface area (Å²) >= 11 is 0. The molecule has 0 spiro atoms. The van der Waals surface area contributed by atoms with Gasteiger partial charge in [-0.05, 0) is 36.3 Å². The van der Waals surface area contributed by atoms with Gasteiger partial charge in [-0.15, -0.1) is 0 Å². The van der Waals surface area contributed by atoms with E-state index in [1.807, 2.05) is 61.5 Å². The number of rotatable bonds is 3. The zero-order chi connectivity index (χ0) is 17.1. The van der Waals surface area contributed by atoms with Crippen molar-refractivity contribution in [3.05, 3.63) is 65.2 Å². The minimum Gasteiger partial charge on any atom is -0.446 e. The zero-order valence-electron chi connectivity index (χ0n) is 13.9. The van der Waals surface area contributed by atoms with E-state index in [2.05, 4.69) is 5.16 Å². The SMILES string of the molecule is CO/N=C(/C)c1ccc(/C=C2\OC(O)N(C)c3ccccc32)cc1. The molecule has 1 heterocycles. The zero-order valence-corrected chi connectivity index (χ0v) is 13.9. The lowest BCUT2D eigenvalue weighted by atomic mass is 10.0. The summed E-state index contributed by atoms with van der Waals surface area (Å²) in [5.74, 6) is 0.645. The normalized spacial score (nSPS) is 19.0. The van der Waals surface area contributed by atoms with E-state index in [4.69, 9.17) is 9.57 Å². The van der Waals surface area contributed by atoms with Crippen LogP contribution in [0, 0.1) is 0 Å². The van der Waals surface area contributed by atoms with Gasteiger partial charge in [0.2, 0.25) is 0 Å². The van der Waals surface area contributed by atoms with Gasteiger partial charge in [0.1, 0.15) is 12.9 Å². The summed E-state index contributed by atoms with van der Waals surface area (Å²) < 4.78 is 5.64. The molecule has 1 unspecified atom stereocenters. The highest BCUT2D eigenvalue weighted by atomic mass is 16.6. The first-order valence-corrected chi connectivity index (χ1v) is 7.67. The molecule has 1 aliphatic heterocycles. The number of hydrogen-bond acceptors (Lipinski definition) is 5. The van der Waals surface area contributed by atoms with Crippen molar-refractivity contribution in [2.45, 2.75) is 13.3 Å². The van der Waals surface area contributed by atoms with Crippen molar-refractivity contribution < 1.29 is 14.7 Å². The molecular formula is C19H20N2O3. The third kappa shape index (κ3) is 3.12. The Labute approximate surface area is 141 Å². The summed E-state index contributed by atoms with van der Waals surface area (Å²) in [7, 11) is 3.33. The Balaban J connectivity index is 1.94. The van der Waals surface area contributed by atoms with Gasteiger partial charge >= 0.3 is 0 Å². The van der Waals surface area contributed by atoms with Gasteiger partial charge in [0.05, 0.1) is 11.4 Å². The fraction of sp³-hybridized carbons (Fsp3) is 0.211. The van der Waals surface area contributed by atoms with Gasteiger partial charge in [0.15, 0.2) is 0 Å². The summed E-state index contributed by atoms with van der Waals surface area (Å²) in [6, 6.07) is 15.7. The van der Waals surface area contributed by atoms with Crippen LogP contribution in [-0.2, 0) is 9.57 Å². The molecule has 0 aromatic heterocycles. The average Bonchev–Trinajstić information content (AvgIpc) is 2.60. The molecule has 0 amide bonds. The number of nitrogens with zero attached hydrogens (tertiary/aromatic N) is 2. The molecule has 124 valence electrons. The molecule has 1 atom stereocenters. The predicted molar refractivity (Wildman–Crippen MR) is 95.5 cm³/mol. The summed E-state index contributed by atoms with van der Waals surface area (Å²) in [5.41, 5.74) is 4.66. The van der Waals surface area contributed by atoms with Gasteiger partial charge in [-0.2, -0.15) is 0 Å². The predicted octanol–water partition coefficient (Wildman–Crippen LogP) is 3.30. The molecular weight excluding hydrogens is 304 g/mol. The van der Waals surface area contributed by atoms with E-state index in [9.17, 15) is 5.11 Å². The number of oxime groups is 1. The molecule has 5 nitrogen and oxygen atoms in total. The van der Waals surface area contributed by atoms with Crippen LogP contribution in [0.25, 0.3) is 11.8 Å². The third-order valence-electron chi connectivity index (χ3n) is 3.97. The molecule has 2 aromatic rings. The number of hydrogen-bond donors (Lipinski definition) is 1. The number of anilines is 1. The van der Waals surface area contributed by atoms with Gasteiger partial charge in [-0.25, -0.2) is 0 Å². The van der Waals surface area contributed by atoms with Crippen LogP contribution in [0.5, 0.6) is 0 Å². The van der Waals surface area contributed by atoms with Crippen LogP contribution in [0.1, 0.15) is 23.6 Å². The Morgan fingerprint density at radius 2 is 1.92 bits per heavy atom. The molecule has 1 aliphatic rings. The molecule has 0 saturated heterocycles. The van der Waals surface area contributed by atoms with Crippen LogP contribution in [0.2, 0.25) is 0 Å². The first kappa shape index (κ1) is 16.1. The molecule has 5 heteroatoms. The minimum atomic E-state index is -0.999. The number of fused-ring (bicyclic) bond motifs is 1. The van der Waals surface area contributed by atoms with E-state index in [-0.39, 0.29) is 0 Å². The van der Waals surface area contributed by atoms with Crippen molar-refractivity contribution in [3.8, 4) is 0 Å². The first-order chi connectivity index (χ1) is 11.6. The van der Waals surface area contributed by atoms with Crippen LogP contribution < -0.4 is 4.90 Å². The Bertz CT molecular complexity index is 781. The largest absolute Gasteiger partial charge is 0.446 e. The van der Waals surface area contributed by atoms with Gasteiger partial charge in [-0.1, -0.05) is 41.6 Å². The summed E-state index contributed by atoms with van der Waals surface area (Å²) in [6.45, 7) is 1.89. The van der Waals surface area contributed by atoms with Crippen LogP contribution in [0.4, 0.5) is 5.69 Å². The molecule has 0 bridgehead atoms. The van der Waals surface area contributed by atoms with Crippen LogP contribution in [0.3, 0.4) is 0 Å². The lowest BCUT2D eigenvalue weighted by Crippen LogP contribution is -2.37. The van der Waals surface area contributed by atoms with E-state index in [1.54, 1.807) is 11.9 Å². The molecule has 24 heavy (non-hydrogen) atoms. The van der Waals surface area contributed by atoms with Crippen LogP contribution in [0.15, 0.2) is 53.7 Å². The van der Waals surface area contributed by atoms with Gasteiger partial charge in [-0.3, -0.25) is 0 Å². The van der Waals surface area contributed by atoms with E-state index >= 15 is 0 Å². The average molecular weight is 324 g/mol. The second-order valence-electron chi connectivity index (χ2n) is 5.56. The fourth-order valence-corrected chi connectivity index (χ4v) is 2.64. The van der Waals surface area contributed by atoms with Crippen LogP contribution >= 0.6 is 0 Å². The highest BCUT2D eigenvalue weighted by Crippen LogP contribution is 2.35. The number of aliphatic hydroxyl groups excluding tert-OH is 1. The molecule has 2 aromatic carbocycles. The highest BCUT2D eigenvalue weighted by molar-refractivity contribution is 5.98. The molecule has 0 aliphatic carbocycles. The van der Waals surface area contributed by atoms with E-state index in [1.165, 1.54) is 7.11 Å². The summed E-state index contributed by atoms with van der Waals surface area (Å²) in [4.78, 5) is 6.49. The summed E-state index contributed by atoms with van der Waals surface area (Å²) in [6.07, 6.45) is 0.920. The molecule has 1 N–H and O–H groups in total. The number of para-hydroxylation sites is 1. The van der Waals surface area contributed by atoms with Gasteiger partial charge in [0.25, 0.3) is 6.41 Å². The third-order valence-corrected chi connectivity index (χ3v) is 3.97. The maximum Gasteiger partial charge on any atom is 0.281 e. The van der Waals surface area contributed by atoms with Crippen molar-refractivity contribution >= 4 is 23.2 Å². The molecule has 3 rings (SSSR count). The van der Waals surface area contributed by atoms with Crippen molar-refractivity contribution in [2.24, 2.45) is 5.16 Å². The molecule has 0 saturated carbocycles. The minimum absolute atomic E-state index is 0.645. The van der Waals surface area contributed by atoms with E-state index < -0.39 is 6.41 Å². The number of ether oxygens (including phenoxy) is 1. The first-order valence-electron chi connectivity index (χ1n) is 7.67. The molecule has 0 fully saturated rings. The van der Waals surface area contributed by atoms with E-state index in [0.717, 1.165) is 28.1 Å². The van der Waals surface area contributed by atoms with Crippen molar-refractivity contribution in [1.82, 2.24) is 0 Å². The van der Waals surface area contributed by atoms with Gasteiger partial charge < -0.3 is 19.6 Å². The van der Waals surface area contributed by atoms with Crippen molar-refractivity contribution in [3.63, 3.8) is 0 Å². The monoisotopic (exact) mass is 324 g/mol. The second-order valence-corrected chi connectivity index (χ2v) is 5.56. The number of benzene rings is 2. The van der Waals surface area contributed by atoms with Crippen molar-refractivity contribution in [2.75, 3.05) is 19.1 Å². The quantitative estimate of drug-likeness (QED) is 0.695. The van der Waals surface area contributed by atoms with E-state index in [0.29, 0.717) is 5.76 Å². The lowest BCUT2D eigenvalue weighted by molar-refractivity contribution is -0.0399. The standard InChI is InChI=1S/C19H20N2O3/c1-13(20-23-3)15-10-8-14(9-11-15)12-18-16-6-4-5-7-17(16)21(2)19(22)24-18/h4-12,19,22H,1-3H3/b18-12-,20-13-. The van der Waals surface area contributed by atoms with Crippen LogP contribution in [-0.4, -0.2) is 31.4 Å². The maximum absolute atomic E-state index is 10.1. The lowest BCUT2D eigenvalue weighted by Gasteiger charge is -2.33. The summed E-state index contributed by atoms with van der Waals surface area (Å²) in [5, 5.41) is 14.0. The topological polar surface area (TPSA) is 54.3 Å².